The van der Waals surface area contributed by atoms with Crippen molar-refractivity contribution < 1.29 is 9.53 Å². The molecule has 1 fully saturated rings. The molecule has 1 saturated carbocycles. The highest BCUT2D eigenvalue weighted by atomic mass is 35.5. The van der Waals surface area contributed by atoms with E-state index in [1.807, 2.05) is 24.3 Å². The molecule has 0 aliphatic heterocycles. The molecule has 3 heterocycles. The third-order valence-corrected chi connectivity index (χ3v) is 6.82. The Hall–Kier alpha value is -3.87. The number of methoxy groups -OCH3 is 1. The van der Waals surface area contributed by atoms with Crippen molar-refractivity contribution >= 4 is 34.0 Å². The molecule has 5 rings (SSSR count). The van der Waals surface area contributed by atoms with Crippen molar-refractivity contribution in [1.82, 2.24) is 20.2 Å². The van der Waals surface area contributed by atoms with Gasteiger partial charge < -0.3 is 4.74 Å². The topological polar surface area (TPSA) is 114 Å². The van der Waals surface area contributed by atoms with Crippen LogP contribution in [0, 0.1) is 11.3 Å². The molecule has 3 aromatic heterocycles. The van der Waals surface area contributed by atoms with Gasteiger partial charge in [-0.15, -0.1) is 10.2 Å². The Kier molecular flexibility index (Phi) is 5.92. The number of carbonyl (C=O) groups is 1. The summed E-state index contributed by atoms with van der Waals surface area (Å²) < 4.78 is 5.39. The van der Waals surface area contributed by atoms with E-state index in [1.165, 1.54) is 30.2 Å². The molecule has 1 amide bonds. The van der Waals surface area contributed by atoms with E-state index < -0.39 is 0 Å². The van der Waals surface area contributed by atoms with Crippen LogP contribution in [-0.4, -0.2) is 33.2 Å². The van der Waals surface area contributed by atoms with Gasteiger partial charge in [-0.2, -0.15) is 5.26 Å². The molecule has 0 radical (unpaired) electrons. The second-order valence-corrected chi connectivity index (χ2v) is 9.11. The van der Waals surface area contributed by atoms with E-state index in [4.69, 9.17) is 21.6 Å². The maximum Gasteiger partial charge on any atom is 0.258 e. The zero-order valence-corrected chi connectivity index (χ0v) is 19.5. The van der Waals surface area contributed by atoms with Crippen LogP contribution in [0.4, 0.5) is 5.13 Å². The van der Waals surface area contributed by atoms with Gasteiger partial charge in [0.25, 0.3) is 5.91 Å². The van der Waals surface area contributed by atoms with Gasteiger partial charge in [-0.25, -0.2) is 4.98 Å². The van der Waals surface area contributed by atoms with Crippen molar-refractivity contribution in [3.05, 3.63) is 81.8 Å². The van der Waals surface area contributed by atoms with E-state index in [9.17, 15) is 4.79 Å². The fourth-order valence-electron chi connectivity index (χ4n) is 3.84. The number of benzene rings is 1. The van der Waals surface area contributed by atoms with Crippen molar-refractivity contribution in [3.63, 3.8) is 0 Å². The molecule has 8 nitrogen and oxygen atoms in total. The summed E-state index contributed by atoms with van der Waals surface area (Å²) in [4.78, 5) is 21.3. The molecule has 1 aliphatic carbocycles. The van der Waals surface area contributed by atoms with Crippen molar-refractivity contribution in [2.75, 3.05) is 12.4 Å². The molecule has 1 aliphatic rings. The van der Waals surface area contributed by atoms with Crippen LogP contribution in [0.2, 0.25) is 5.15 Å². The van der Waals surface area contributed by atoms with Gasteiger partial charge in [-0.1, -0.05) is 35.1 Å². The third kappa shape index (κ3) is 4.33. The summed E-state index contributed by atoms with van der Waals surface area (Å²) in [5.41, 5.74) is 3.39. The van der Waals surface area contributed by atoms with Crippen LogP contribution in [-0.2, 0) is 0 Å². The molecule has 34 heavy (non-hydrogen) atoms. The van der Waals surface area contributed by atoms with E-state index >= 15 is 0 Å². The highest BCUT2D eigenvalue weighted by Crippen LogP contribution is 2.55. The van der Waals surface area contributed by atoms with Gasteiger partial charge in [-0.05, 0) is 42.2 Å². The standard InChI is InChI=1S/C24H17ClN6O2S/c1-33-20-12-28-21(25)9-17(20)19-11-27-7-6-15(19)22(32)29-24-31-30-23(34-24)18-8-16(18)14-4-2-13(10-26)3-5-14/h2-7,9,11-12,16,18H,8H2,1H3,(H,29,31,32)/t16-,18+/m0/s1. The lowest BCUT2D eigenvalue weighted by molar-refractivity contribution is 0.102. The lowest BCUT2D eigenvalue weighted by Crippen LogP contribution is -2.13. The number of rotatable bonds is 6. The molecule has 4 aromatic rings. The minimum Gasteiger partial charge on any atom is -0.494 e. The molecule has 0 saturated heterocycles. The molecule has 2 atom stereocenters. The average molecular weight is 489 g/mol. The molecule has 0 spiro atoms. The Bertz CT molecular complexity index is 1420. The maximum absolute atomic E-state index is 13.1. The summed E-state index contributed by atoms with van der Waals surface area (Å²) in [7, 11) is 1.52. The number of nitrogens with one attached hydrogen (secondary N) is 1. The summed E-state index contributed by atoms with van der Waals surface area (Å²) in [5, 5.41) is 21.9. The number of nitriles is 1. The fourth-order valence-corrected chi connectivity index (χ4v) is 4.91. The lowest BCUT2D eigenvalue weighted by Gasteiger charge is -2.12. The molecule has 10 heteroatoms. The number of anilines is 1. The van der Waals surface area contributed by atoms with E-state index in [-0.39, 0.29) is 17.0 Å². The monoisotopic (exact) mass is 488 g/mol. The summed E-state index contributed by atoms with van der Waals surface area (Å²) in [6.07, 6.45) is 5.60. The Morgan fingerprint density at radius 1 is 1.18 bits per heavy atom. The van der Waals surface area contributed by atoms with Crippen molar-refractivity contribution in [2.45, 2.75) is 18.3 Å². The van der Waals surface area contributed by atoms with Crippen molar-refractivity contribution in [2.24, 2.45) is 0 Å². The summed E-state index contributed by atoms with van der Waals surface area (Å²) >= 11 is 7.44. The Labute approximate surface area is 204 Å². The van der Waals surface area contributed by atoms with Crippen molar-refractivity contribution in [3.8, 4) is 22.9 Å². The summed E-state index contributed by atoms with van der Waals surface area (Å²) in [6, 6.07) is 13.0. The van der Waals surface area contributed by atoms with Crippen LogP contribution in [0.3, 0.4) is 0 Å². The predicted octanol–water partition coefficient (Wildman–Crippen LogP) is 5.05. The lowest BCUT2D eigenvalue weighted by atomic mass is 10.0. The Morgan fingerprint density at radius 2 is 2.00 bits per heavy atom. The number of ether oxygens (including phenoxy) is 1. The average Bonchev–Trinajstić information content (AvgIpc) is 3.54. The zero-order chi connectivity index (χ0) is 23.7. The van der Waals surface area contributed by atoms with Gasteiger partial charge in [-0.3, -0.25) is 15.1 Å². The van der Waals surface area contributed by atoms with Gasteiger partial charge in [0.15, 0.2) is 0 Å². The van der Waals surface area contributed by atoms with E-state index in [1.54, 1.807) is 24.5 Å². The minimum atomic E-state index is -0.338. The first-order valence-electron chi connectivity index (χ1n) is 10.4. The number of amides is 1. The smallest absolute Gasteiger partial charge is 0.258 e. The van der Waals surface area contributed by atoms with E-state index in [2.05, 4.69) is 31.6 Å². The van der Waals surface area contributed by atoms with Crippen LogP contribution in [0.1, 0.15) is 44.7 Å². The van der Waals surface area contributed by atoms with Gasteiger partial charge >= 0.3 is 0 Å². The quantitative estimate of drug-likeness (QED) is 0.377. The van der Waals surface area contributed by atoms with E-state index in [0.29, 0.717) is 39.1 Å². The normalized spacial score (nSPS) is 16.5. The highest BCUT2D eigenvalue weighted by molar-refractivity contribution is 7.15. The molecule has 0 bridgehead atoms. The molecule has 168 valence electrons. The number of hydrogen-bond donors (Lipinski definition) is 1. The second kappa shape index (κ2) is 9.17. The number of halogens is 1. The summed E-state index contributed by atoms with van der Waals surface area (Å²) in [6.45, 7) is 0. The van der Waals surface area contributed by atoms with Crippen LogP contribution < -0.4 is 10.1 Å². The number of aromatic nitrogens is 4. The number of nitrogens with zero attached hydrogens (tertiary/aromatic N) is 5. The van der Waals surface area contributed by atoms with Crippen molar-refractivity contribution in [1.29, 1.82) is 5.26 Å². The highest BCUT2D eigenvalue weighted by Gasteiger charge is 2.42. The van der Waals surface area contributed by atoms with Crippen LogP contribution in [0.15, 0.2) is 55.0 Å². The Morgan fingerprint density at radius 3 is 2.76 bits per heavy atom. The first-order valence-corrected chi connectivity index (χ1v) is 11.6. The largest absolute Gasteiger partial charge is 0.494 e. The molecule has 1 N–H and O–H groups in total. The van der Waals surface area contributed by atoms with Crippen LogP contribution >= 0.6 is 22.9 Å². The molecule has 1 aromatic carbocycles. The number of pyridine rings is 2. The predicted molar refractivity (Wildman–Crippen MR) is 128 cm³/mol. The van der Waals surface area contributed by atoms with Gasteiger partial charge in [0, 0.05) is 29.4 Å². The first-order chi connectivity index (χ1) is 16.6. The van der Waals surface area contributed by atoms with E-state index in [0.717, 1.165) is 11.4 Å². The van der Waals surface area contributed by atoms with Crippen LogP contribution in [0.5, 0.6) is 5.75 Å². The maximum atomic E-state index is 13.1. The SMILES string of the molecule is COc1cnc(Cl)cc1-c1cnccc1C(=O)Nc1nnc([C@@H]2C[C@H]2c2ccc(C#N)cc2)s1. The first kappa shape index (κ1) is 21.9. The molecular weight excluding hydrogens is 472 g/mol. The fraction of sp³-hybridized carbons (Fsp3) is 0.167. The number of hydrogen-bond acceptors (Lipinski definition) is 8. The molecule has 0 unspecified atom stereocenters. The van der Waals surface area contributed by atoms with Gasteiger partial charge in [0.05, 0.1) is 30.5 Å². The van der Waals surface area contributed by atoms with Gasteiger partial charge in [0.2, 0.25) is 5.13 Å². The zero-order valence-electron chi connectivity index (χ0n) is 17.9. The van der Waals surface area contributed by atoms with Crippen LogP contribution in [0.25, 0.3) is 11.1 Å². The molecular formula is C24H17ClN6O2S. The Balaban J connectivity index is 1.33. The van der Waals surface area contributed by atoms with Gasteiger partial charge in [0.1, 0.15) is 15.9 Å². The summed E-state index contributed by atoms with van der Waals surface area (Å²) in [5.74, 6) is 0.748. The number of carbonyl (C=O) groups excluding carboxylic acids is 1. The second-order valence-electron chi connectivity index (χ2n) is 7.71. The minimum absolute atomic E-state index is 0.260. The third-order valence-electron chi connectivity index (χ3n) is 5.65.